The average molecular weight is 509 g/mol. The van der Waals surface area contributed by atoms with Gasteiger partial charge in [0.1, 0.15) is 17.9 Å². The van der Waals surface area contributed by atoms with Crippen molar-refractivity contribution in [3.05, 3.63) is 108 Å². The molecule has 5 aromatic rings. The largest absolute Gasteiger partial charge is 0.492 e. The molecule has 2 amide bonds. The molecule has 0 spiro atoms. The van der Waals surface area contributed by atoms with Gasteiger partial charge in [-0.05, 0) is 65.4 Å². The molecule has 0 aliphatic carbocycles. The van der Waals surface area contributed by atoms with Gasteiger partial charge in [-0.1, -0.05) is 24.3 Å². The first kappa shape index (κ1) is 24.4. The molecule has 10 heteroatoms. The summed E-state index contributed by atoms with van der Waals surface area (Å²) in [5.74, 6) is 0.185. The number of rotatable bonds is 9. The number of fused-ring (bicyclic) bond motifs is 1. The zero-order valence-electron chi connectivity index (χ0n) is 20.3. The molecule has 0 atom stereocenters. The van der Waals surface area contributed by atoms with Crippen LogP contribution in [0.5, 0.6) is 5.75 Å². The van der Waals surface area contributed by atoms with Gasteiger partial charge in [-0.2, -0.15) is 0 Å². The van der Waals surface area contributed by atoms with Crippen LogP contribution in [0.4, 0.5) is 11.4 Å². The van der Waals surface area contributed by atoms with Crippen molar-refractivity contribution in [2.45, 2.75) is 6.42 Å². The molecule has 0 unspecified atom stereocenters. The van der Waals surface area contributed by atoms with Crippen LogP contribution >= 0.6 is 0 Å². The van der Waals surface area contributed by atoms with Gasteiger partial charge in [-0.25, -0.2) is 0 Å². The summed E-state index contributed by atoms with van der Waals surface area (Å²) in [6.45, 7) is 0.520. The molecule has 2 aromatic heterocycles. The Labute approximate surface area is 217 Å². The number of amides is 2. The van der Waals surface area contributed by atoms with E-state index in [9.17, 15) is 9.59 Å². The molecule has 3 aromatic carbocycles. The maximum atomic E-state index is 12.6. The van der Waals surface area contributed by atoms with E-state index in [1.54, 1.807) is 66.9 Å². The Morgan fingerprint density at radius 2 is 1.79 bits per heavy atom. The van der Waals surface area contributed by atoms with Crippen molar-refractivity contribution in [2.24, 2.45) is 0 Å². The second-order valence-electron chi connectivity index (χ2n) is 8.44. The molecule has 0 aliphatic heterocycles. The molecule has 190 valence electrons. The number of ether oxygens (including phenoxy) is 1. The summed E-state index contributed by atoms with van der Waals surface area (Å²) in [4.78, 5) is 25.0. The third-order valence-corrected chi connectivity index (χ3v) is 5.73. The number of benzene rings is 3. The predicted octanol–water partition coefficient (Wildman–Crippen LogP) is 3.85. The van der Waals surface area contributed by atoms with Crippen LogP contribution in [-0.4, -0.2) is 40.4 Å². The van der Waals surface area contributed by atoms with Crippen molar-refractivity contribution < 1.29 is 18.7 Å². The number of nitrogens with two attached hydrogens (primary N) is 1. The molecule has 0 saturated carbocycles. The van der Waals surface area contributed by atoms with E-state index in [2.05, 4.69) is 26.0 Å². The number of nitrogens with one attached hydrogen (secondary N) is 2. The number of hydrogen-bond donors (Lipinski definition) is 3. The fraction of sp³-hybridized carbons (Fsp3) is 0.107. The van der Waals surface area contributed by atoms with Crippen LogP contribution in [0.25, 0.3) is 11.0 Å². The Bertz CT molecular complexity index is 1570. The SMILES string of the molecule is Nc1ccccc1NC(=O)c1ccc(OCCNC(=O)c2cc3ccc(Cc4ccnnn4)cc3o2)cc1. The van der Waals surface area contributed by atoms with E-state index in [4.69, 9.17) is 14.9 Å². The summed E-state index contributed by atoms with van der Waals surface area (Å²) in [6.07, 6.45) is 2.18. The van der Waals surface area contributed by atoms with Crippen LogP contribution in [0.2, 0.25) is 0 Å². The molecule has 0 saturated heterocycles. The van der Waals surface area contributed by atoms with Crippen LogP contribution in [0.1, 0.15) is 32.2 Å². The van der Waals surface area contributed by atoms with Crippen molar-refractivity contribution in [2.75, 3.05) is 24.2 Å². The summed E-state index contributed by atoms with van der Waals surface area (Å²) in [6, 6.07) is 23.0. The molecular weight excluding hydrogens is 484 g/mol. The number of nitrogens with zero attached hydrogens (tertiary/aromatic N) is 3. The van der Waals surface area contributed by atoms with Crippen molar-refractivity contribution in [1.82, 2.24) is 20.7 Å². The highest BCUT2D eigenvalue weighted by Gasteiger charge is 2.13. The lowest BCUT2D eigenvalue weighted by Gasteiger charge is -2.09. The van der Waals surface area contributed by atoms with Gasteiger partial charge in [0.05, 0.1) is 29.8 Å². The van der Waals surface area contributed by atoms with Crippen LogP contribution in [0.15, 0.2) is 89.5 Å². The first-order valence-electron chi connectivity index (χ1n) is 11.9. The zero-order valence-corrected chi connectivity index (χ0v) is 20.3. The van der Waals surface area contributed by atoms with E-state index in [1.165, 1.54) is 0 Å². The van der Waals surface area contributed by atoms with Crippen molar-refractivity contribution in [3.63, 3.8) is 0 Å². The van der Waals surface area contributed by atoms with E-state index in [0.717, 1.165) is 16.6 Å². The second kappa shape index (κ2) is 11.2. The molecule has 0 aliphatic rings. The van der Waals surface area contributed by atoms with Gasteiger partial charge in [-0.15, -0.1) is 10.2 Å². The number of carbonyl (C=O) groups is 2. The lowest BCUT2D eigenvalue weighted by atomic mass is 10.1. The number of anilines is 2. The second-order valence-corrected chi connectivity index (χ2v) is 8.44. The minimum absolute atomic E-state index is 0.218. The lowest BCUT2D eigenvalue weighted by molar-refractivity contribution is 0.0920. The van der Waals surface area contributed by atoms with Crippen molar-refractivity contribution in [3.8, 4) is 5.75 Å². The van der Waals surface area contributed by atoms with Gasteiger partial charge >= 0.3 is 0 Å². The Morgan fingerprint density at radius 3 is 2.58 bits per heavy atom. The molecule has 10 nitrogen and oxygen atoms in total. The van der Waals surface area contributed by atoms with Crippen LogP contribution in [0.3, 0.4) is 0 Å². The minimum Gasteiger partial charge on any atom is -0.492 e. The Balaban J connectivity index is 1.10. The highest BCUT2D eigenvalue weighted by atomic mass is 16.5. The van der Waals surface area contributed by atoms with Gasteiger partial charge in [-0.3, -0.25) is 9.59 Å². The molecule has 5 rings (SSSR count). The highest BCUT2D eigenvalue weighted by molar-refractivity contribution is 6.05. The normalized spacial score (nSPS) is 10.7. The highest BCUT2D eigenvalue weighted by Crippen LogP contribution is 2.22. The predicted molar refractivity (Wildman–Crippen MR) is 142 cm³/mol. The van der Waals surface area contributed by atoms with Gasteiger partial charge in [0.2, 0.25) is 0 Å². The van der Waals surface area contributed by atoms with Gasteiger partial charge in [0.15, 0.2) is 5.76 Å². The number of para-hydroxylation sites is 2. The monoisotopic (exact) mass is 508 g/mol. The zero-order chi connectivity index (χ0) is 26.3. The Kier molecular flexibility index (Phi) is 7.21. The maximum absolute atomic E-state index is 12.6. The summed E-state index contributed by atoms with van der Waals surface area (Å²) < 4.78 is 11.4. The summed E-state index contributed by atoms with van der Waals surface area (Å²) in [7, 11) is 0. The lowest BCUT2D eigenvalue weighted by Crippen LogP contribution is -2.27. The smallest absolute Gasteiger partial charge is 0.287 e. The summed E-state index contributed by atoms with van der Waals surface area (Å²) >= 11 is 0. The minimum atomic E-state index is -0.335. The number of furan rings is 1. The van der Waals surface area contributed by atoms with Gasteiger partial charge in [0, 0.05) is 17.4 Å². The van der Waals surface area contributed by atoms with E-state index in [1.807, 2.05) is 18.2 Å². The first-order chi connectivity index (χ1) is 18.5. The molecule has 0 bridgehead atoms. The Hall–Kier alpha value is -5.25. The van der Waals surface area contributed by atoms with Crippen molar-refractivity contribution >= 4 is 34.2 Å². The van der Waals surface area contributed by atoms with E-state index in [0.29, 0.717) is 34.7 Å². The summed E-state index contributed by atoms with van der Waals surface area (Å²) in [5, 5.41) is 17.7. The number of nitrogen functional groups attached to an aromatic ring is 1. The van der Waals surface area contributed by atoms with Gasteiger partial charge in [0.25, 0.3) is 11.8 Å². The van der Waals surface area contributed by atoms with E-state index in [-0.39, 0.29) is 30.7 Å². The van der Waals surface area contributed by atoms with Crippen LogP contribution in [-0.2, 0) is 6.42 Å². The number of carbonyl (C=O) groups excluding carboxylic acids is 2. The maximum Gasteiger partial charge on any atom is 0.287 e. The third-order valence-electron chi connectivity index (χ3n) is 5.73. The fourth-order valence-corrected chi connectivity index (χ4v) is 3.80. The van der Waals surface area contributed by atoms with Gasteiger partial charge < -0.3 is 25.5 Å². The molecule has 38 heavy (non-hydrogen) atoms. The topological polar surface area (TPSA) is 145 Å². The molecule has 0 radical (unpaired) electrons. The quantitative estimate of drug-likeness (QED) is 0.201. The van der Waals surface area contributed by atoms with Crippen LogP contribution in [0, 0.1) is 0 Å². The molecule has 2 heterocycles. The molecular formula is C28H24N6O4. The fourth-order valence-electron chi connectivity index (χ4n) is 3.80. The summed E-state index contributed by atoms with van der Waals surface area (Å²) in [5.41, 5.74) is 9.78. The standard InChI is InChI=1S/C28H24N6O4/c29-23-3-1-2-4-24(23)32-27(35)19-7-9-22(10-8-19)37-14-13-30-28(36)26-17-20-6-5-18(16-25(20)38-26)15-21-11-12-31-34-33-21/h1-12,16-17H,13-15,29H2,(H,30,36)(H,32,35). The molecule has 4 N–H and O–H groups in total. The average Bonchev–Trinajstić information content (AvgIpc) is 3.37. The van der Waals surface area contributed by atoms with Crippen LogP contribution < -0.4 is 21.1 Å². The van der Waals surface area contributed by atoms with E-state index < -0.39 is 0 Å². The van der Waals surface area contributed by atoms with Crippen molar-refractivity contribution in [1.29, 1.82) is 0 Å². The number of hydrogen-bond acceptors (Lipinski definition) is 8. The van der Waals surface area contributed by atoms with E-state index >= 15 is 0 Å². The number of aromatic nitrogens is 3. The first-order valence-corrected chi connectivity index (χ1v) is 11.9. The molecule has 0 fully saturated rings. The third kappa shape index (κ3) is 5.93. The Morgan fingerprint density at radius 1 is 0.947 bits per heavy atom.